The number of halogens is 1. The van der Waals surface area contributed by atoms with E-state index < -0.39 is 5.95 Å². The lowest BCUT2D eigenvalue weighted by Crippen LogP contribution is -2.03. The SMILES string of the molecule is O=Cc1ccnc(F)c1OC1CC1. The molecule has 0 atom stereocenters. The summed E-state index contributed by atoms with van der Waals surface area (Å²) in [6, 6.07) is 1.44. The van der Waals surface area contributed by atoms with Gasteiger partial charge in [-0.15, -0.1) is 0 Å². The van der Waals surface area contributed by atoms with Crippen LogP contribution in [0, 0.1) is 5.95 Å². The highest BCUT2D eigenvalue weighted by atomic mass is 19.1. The third-order valence-corrected chi connectivity index (χ3v) is 1.83. The maximum atomic E-state index is 13.0. The van der Waals surface area contributed by atoms with Crippen molar-refractivity contribution in [3.8, 4) is 5.75 Å². The maximum Gasteiger partial charge on any atom is 0.255 e. The molecule has 1 saturated carbocycles. The summed E-state index contributed by atoms with van der Waals surface area (Å²) in [4.78, 5) is 13.9. The molecule has 0 radical (unpaired) electrons. The largest absolute Gasteiger partial charge is 0.485 e. The van der Waals surface area contributed by atoms with Crippen LogP contribution >= 0.6 is 0 Å². The molecule has 4 heteroatoms. The van der Waals surface area contributed by atoms with Crippen LogP contribution < -0.4 is 4.74 Å². The molecular weight excluding hydrogens is 173 g/mol. The fraction of sp³-hybridized carbons (Fsp3) is 0.333. The smallest absolute Gasteiger partial charge is 0.255 e. The number of carbonyl (C=O) groups is 1. The van der Waals surface area contributed by atoms with Gasteiger partial charge in [-0.25, -0.2) is 4.98 Å². The molecule has 0 unspecified atom stereocenters. The van der Waals surface area contributed by atoms with Crippen molar-refractivity contribution in [3.05, 3.63) is 23.8 Å². The summed E-state index contributed by atoms with van der Waals surface area (Å²) < 4.78 is 18.2. The zero-order valence-corrected chi connectivity index (χ0v) is 6.87. The van der Waals surface area contributed by atoms with Gasteiger partial charge in [-0.1, -0.05) is 0 Å². The van der Waals surface area contributed by atoms with Gasteiger partial charge in [0.25, 0.3) is 5.95 Å². The molecule has 0 N–H and O–H groups in total. The number of aromatic nitrogens is 1. The van der Waals surface area contributed by atoms with E-state index in [2.05, 4.69) is 4.98 Å². The van der Waals surface area contributed by atoms with E-state index in [0.717, 1.165) is 12.8 Å². The van der Waals surface area contributed by atoms with Gasteiger partial charge in [0.15, 0.2) is 12.0 Å². The zero-order chi connectivity index (χ0) is 9.26. The molecule has 2 rings (SSSR count). The van der Waals surface area contributed by atoms with Crippen LogP contribution in [0.4, 0.5) is 4.39 Å². The summed E-state index contributed by atoms with van der Waals surface area (Å²) in [5, 5.41) is 0. The number of pyridine rings is 1. The fourth-order valence-corrected chi connectivity index (χ4v) is 0.998. The molecule has 68 valence electrons. The quantitative estimate of drug-likeness (QED) is 0.525. The van der Waals surface area contributed by atoms with Gasteiger partial charge in [-0.05, 0) is 18.9 Å². The van der Waals surface area contributed by atoms with E-state index in [0.29, 0.717) is 6.29 Å². The highest BCUT2D eigenvalue weighted by molar-refractivity contribution is 5.78. The van der Waals surface area contributed by atoms with Crippen molar-refractivity contribution < 1.29 is 13.9 Å². The van der Waals surface area contributed by atoms with E-state index in [1.54, 1.807) is 0 Å². The molecular formula is C9H8FNO2. The molecule has 0 aliphatic heterocycles. The monoisotopic (exact) mass is 181 g/mol. The molecule has 1 fully saturated rings. The van der Waals surface area contributed by atoms with E-state index in [9.17, 15) is 9.18 Å². The highest BCUT2D eigenvalue weighted by Gasteiger charge is 2.26. The van der Waals surface area contributed by atoms with E-state index in [1.165, 1.54) is 12.3 Å². The second kappa shape index (κ2) is 3.12. The third kappa shape index (κ3) is 1.66. The van der Waals surface area contributed by atoms with Gasteiger partial charge in [0.1, 0.15) is 0 Å². The van der Waals surface area contributed by atoms with Gasteiger partial charge < -0.3 is 4.74 Å². The molecule has 1 heterocycles. The molecule has 0 bridgehead atoms. The Morgan fingerprint density at radius 2 is 2.38 bits per heavy atom. The average Bonchev–Trinajstić information content (AvgIpc) is 2.92. The minimum Gasteiger partial charge on any atom is -0.485 e. The number of ether oxygens (including phenoxy) is 1. The average molecular weight is 181 g/mol. The summed E-state index contributed by atoms with van der Waals surface area (Å²) >= 11 is 0. The van der Waals surface area contributed by atoms with E-state index in [1.807, 2.05) is 0 Å². The first-order valence-corrected chi connectivity index (χ1v) is 4.07. The van der Waals surface area contributed by atoms with Gasteiger partial charge in [-0.3, -0.25) is 4.79 Å². The third-order valence-electron chi connectivity index (χ3n) is 1.83. The van der Waals surface area contributed by atoms with Gasteiger partial charge in [-0.2, -0.15) is 4.39 Å². The predicted octanol–water partition coefficient (Wildman–Crippen LogP) is 1.57. The van der Waals surface area contributed by atoms with Gasteiger partial charge in [0, 0.05) is 6.20 Å². The molecule has 0 saturated heterocycles. The first-order valence-electron chi connectivity index (χ1n) is 4.07. The van der Waals surface area contributed by atoms with Gasteiger partial charge >= 0.3 is 0 Å². The second-order valence-electron chi connectivity index (χ2n) is 2.96. The topological polar surface area (TPSA) is 39.2 Å². The first-order chi connectivity index (χ1) is 6.31. The molecule has 1 aliphatic carbocycles. The predicted molar refractivity (Wildman–Crippen MR) is 43.2 cm³/mol. The normalized spacial score (nSPS) is 15.5. The number of rotatable bonds is 3. The summed E-state index contributed by atoms with van der Waals surface area (Å²) in [7, 11) is 0. The highest BCUT2D eigenvalue weighted by Crippen LogP contribution is 2.29. The van der Waals surface area contributed by atoms with Crippen molar-refractivity contribution in [2.24, 2.45) is 0 Å². The van der Waals surface area contributed by atoms with Crippen LogP contribution in [0.5, 0.6) is 5.75 Å². The Bertz CT molecular complexity index is 336. The van der Waals surface area contributed by atoms with Gasteiger partial charge in [0.05, 0.1) is 11.7 Å². The Kier molecular flexibility index (Phi) is 1.96. The van der Waals surface area contributed by atoms with Crippen LogP contribution in [-0.4, -0.2) is 17.4 Å². The Labute approximate surface area is 74.5 Å². The minimum absolute atomic E-state index is 0.0139. The van der Waals surface area contributed by atoms with Crippen LogP contribution in [0.2, 0.25) is 0 Å². The number of aldehydes is 1. The number of carbonyl (C=O) groups excluding carboxylic acids is 1. The van der Waals surface area contributed by atoms with Crippen molar-refractivity contribution in [1.29, 1.82) is 0 Å². The molecule has 0 aromatic carbocycles. The van der Waals surface area contributed by atoms with Crippen molar-refractivity contribution >= 4 is 6.29 Å². The van der Waals surface area contributed by atoms with Crippen LogP contribution in [-0.2, 0) is 0 Å². The second-order valence-corrected chi connectivity index (χ2v) is 2.96. The van der Waals surface area contributed by atoms with Crippen molar-refractivity contribution in [2.75, 3.05) is 0 Å². The zero-order valence-electron chi connectivity index (χ0n) is 6.87. The summed E-state index contributed by atoms with van der Waals surface area (Å²) in [5.41, 5.74) is 0.222. The standard InChI is InChI=1S/C9H8FNO2/c10-9-8(13-7-1-2-7)6(5-12)3-4-11-9/h3-5,7H,1-2H2. The molecule has 1 aromatic rings. The summed E-state index contributed by atoms with van der Waals surface area (Å²) in [6.07, 6.45) is 3.73. The summed E-state index contributed by atoms with van der Waals surface area (Å²) in [6.45, 7) is 0. The van der Waals surface area contributed by atoms with Crippen LogP contribution in [0.3, 0.4) is 0 Å². The lowest BCUT2D eigenvalue weighted by Gasteiger charge is -2.06. The molecule has 13 heavy (non-hydrogen) atoms. The number of hydrogen-bond acceptors (Lipinski definition) is 3. The fourth-order valence-electron chi connectivity index (χ4n) is 0.998. The van der Waals surface area contributed by atoms with Crippen LogP contribution in [0.1, 0.15) is 23.2 Å². The van der Waals surface area contributed by atoms with E-state index in [-0.39, 0.29) is 17.4 Å². The molecule has 1 aliphatic rings. The van der Waals surface area contributed by atoms with Crippen molar-refractivity contribution in [2.45, 2.75) is 18.9 Å². The van der Waals surface area contributed by atoms with Crippen molar-refractivity contribution in [3.63, 3.8) is 0 Å². The molecule has 1 aromatic heterocycles. The summed E-state index contributed by atoms with van der Waals surface area (Å²) in [5.74, 6) is -0.725. The van der Waals surface area contributed by atoms with Gasteiger partial charge in [0.2, 0.25) is 0 Å². The molecule has 0 amide bonds. The Balaban J connectivity index is 2.32. The minimum atomic E-state index is -0.712. The first kappa shape index (κ1) is 8.16. The van der Waals surface area contributed by atoms with E-state index >= 15 is 0 Å². The lowest BCUT2D eigenvalue weighted by molar-refractivity contribution is 0.111. The lowest BCUT2D eigenvalue weighted by atomic mass is 10.3. The molecule has 0 spiro atoms. The molecule has 3 nitrogen and oxygen atoms in total. The van der Waals surface area contributed by atoms with Crippen LogP contribution in [0.25, 0.3) is 0 Å². The van der Waals surface area contributed by atoms with Crippen molar-refractivity contribution in [1.82, 2.24) is 4.98 Å². The Hall–Kier alpha value is -1.45. The van der Waals surface area contributed by atoms with Crippen LogP contribution in [0.15, 0.2) is 12.3 Å². The Morgan fingerprint density at radius 1 is 1.62 bits per heavy atom. The van der Waals surface area contributed by atoms with E-state index in [4.69, 9.17) is 4.74 Å². The Morgan fingerprint density at radius 3 is 3.00 bits per heavy atom. The number of hydrogen-bond donors (Lipinski definition) is 0. The maximum absolute atomic E-state index is 13.0. The number of nitrogens with zero attached hydrogens (tertiary/aromatic N) is 1.